The molecule has 6 nitrogen and oxygen atoms in total. The van der Waals surface area contributed by atoms with Crippen molar-refractivity contribution in [2.75, 3.05) is 13.2 Å². The van der Waals surface area contributed by atoms with Crippen LogP contribution in [0.15, 0.2) is 12.2 Å². The number of unbranched alkanes of at least 4 members (excludes halogenated alkanes) is 23. The second-order valence-electron chi connectivity index (χ2n) is 13.6. The number of esters is 3. The number of ether oxygens (including phenoxy) is 3. The van der Waals surface area contributed by atoms with Crippen molar-refractivity contribution in [1.82, 2.24) is 0 Å². The molecule has 0 spiro atoms. The first-order valence-electron chi connectivity index (χ1n) is 20.2. The minimum atomic E-state index is -0.773. The monoisotopic (exact) mass is 665 g/mol. The largest absolute Gasteiger partial charge is 0.462 e. The van der Waals surface area contributed by atoms with E-state index in [0.29, 0.717) is 19.3 Å². The van der Waals surface area contributed by atoms with Crippen LogP contribution in [-0.2, 0) is 28.6 Å². The van der Waals surface area contributed by atoms with E-state index in [4.69, 9.17) is 14.2 Å². The lowest BCUT2D eigenvalue weighted by Crippen LogP contribution is -2.30. The molecule has 0 rings (SSSR count). The van der Waals surface area contributed by atoms with Gasteiger partial charge in [-0.2, -0.15) is 0 Å². The van der Waals surface area contributed by atoms with E-state index in [2.05, 4.69) is 32.9 Å². The first-order valence-corrected chi connectivity index (χ1v) is 20.2. The van der Waals surface area contributed by atoms with Gasteiger partial charge in [-0.25, -0.2) is 0 Å². The molecule has 0 N–H and O–H groups in total. The molecule has 0 radical (unpaired) electrons. The van der Waals surface area contributed by atoms with E-state index in [9.17, 15) is 14.4 Å². The molecule has 0 heterocycles. The van der Waals surface area contributed by atoms with E-state index < -0.39 is 6.10 Å². The lowest BCUT2D eigenvalue weighted by Gasteiger charge is -2.18. The maximum Gasteiger partial charge on any atom is 0.306 e. The Kier molecular flexibility index (Phi) is 35.5. The standard InChI is InChI=1S/C41H76O6/c1-4-7-10-13-16-19-20-23-25-28-31-34-40(43)46-37-38(47-41(44)35-32-29-26-22-18-15-12-9-6-3)36-45-39(42)33-30-27-24-21-17-14-11-8-5-2/h22,26,38H,4-21,23-25,27-37H2,1-3H3/b26-22-. The molecular weight excluding hydrogens is 588 g/mol. The number of rotatable bonds is 36. The van der Waals surface area contributed by atoms with Gasteiger partial charge < -0.3 is 14.2 Å². The van der Waals surface area contributed by atoms with E-state index in [1.165, 1.54) is 116 Å². The zero-order valence-electron chi connectivity index (χ0n) is 31.3. The first kappa shape index (κ1) is 45.2. The Morgan fingerprint density at radius 1 is 0.404 bits per heavy atom. The Balaban J connectivity index is 4.37. The van der Waals surface area contributed by atoms with Crippen molar-refractivity contribution in [3.8, 4) is 0 Å². The molecule has 1 atom stereocenters. The predicted octanol–water partition coefficient (Wildman–Crippen LogP) is 12.3. The fourth-order valence-electron chi connectivity index (χ4n) is 5.68. The number of hydrogen-bond donors (Lipinski definition) is 0. The maximum absolute atomic E-state index is 12.6. The van der Waals surface area contributed by atoms with Crippen LogP contribution in [0.4, 0.5) is 0 Å². The van der Waals surface area contributed by atoms with Crippen LogP contribution in [-0.4, -0.2) is 37.2 Å². The van der Waals surface area contributed by atoms with Gasteiger partial charge in [-0.05, 0) is 38.5 Å². The summed E-state index contributed by atoms with van der Waals surface area (Å²) in [5.41, 5.74) is 0. The summed E-state index contributed by atoms with van der Waals surface area (Å²) in [6.07, 6.45) is 36.3. The van der Waals surface area contributed by atoms with Gasteiger partial charge in [0.15, 0.2) is 6.10 Å². The number of hydrogen-bond acceptors (Lipinski definition) is 6. The highest BCUT2D eigenvalue weighted by Crippen LogP contribution is 2.14. The highest BCUT2D eigenvalue weighted by atomic mass is 16.6. The van der Waals surface area contributed by atoms with Gasteiger partial charge in [-0.3, -0.25) is 14.4 Å². The third-order valence-corrected chi connectivity index (χ3v) is 8.77. The number of carbonyl (C=O) groups is 3. The minimum Gasteiger partial charge on any atom is -0.462 e. The van der Waals surface area contributed by atoms with Crippen molar-refractivity contribution in [1.29, 1.82) is 0 Å². The van der Waals surface area contributed by atoms with E-state index in [0.717, 1.165) is 51.4 Å². The first-order chi connectivity index (χ1) is 23.0. The fourth-order valence-corrected chi connectivity index (χ4v) is 5.68. The third kappa shape index (κ3) is 35.3. The molecule has 0 aliphatic rings. The summed E-state index contributed by atoms with van der Waals surface area (Å²) in [6, 6.07) is 0. The topological polar surface area (TPSA) is 78.9 Å². The van der Waals surface area contributed by atoms with Crippen LogP contribution in [0.1, 0.15) is 213 Å². The molecule has 0 aromatic carbocycles. The summed E-state index contributed by atoms with van der Waals surface area (Å²) in [6.45, 7) is 6.54. The van der Waals surface area contributed by atoms with Crippen LogP contribution in [0, 0.1) is 0 Å². The molecule has 47 heavy (non-hydrogen) atoms. The molecule has 1 unspecified atom stereocenters. The van der Waals surface area contributed by atoms with Crippen LogP contribution < -0.4 is 0 Å². The molecule has 6 heteroatoms. The van der Waals surface area contributed by atoms with Gasteiger partial charge in [0, 0.05) is 19.3 Å². The molecule has 0 aromatic rings. The van der Waals surface area contributed by atoms with Crippen molar-refractivity contribution in [2.24, 2.45) is 0 Å². The summed E-state index contributed by atoms with van der Waals surface area (Å²) in [5.74, 6) is -0.917. The van der Waals surface area contributed by atoms with Crippen LogP contribution >= 0.6 is 0 Å². The van der Waals surface area contributed by atoms with Crippen LogP contribution in [0.3, 0.4) is 0 Å². The van der Waals surface area contributed by atoms with Crippen LogP contribution in [0.25, 0.3) is 0 Å². The molecule has 0 saturated heterocycles. The Morgan fingerprint density at radius 2 is 0.723 bits per heavy atom. The van der Waals surface area contributed by atoms with Gasteiger partial charge in [0.2, 0.25) is 0 Å². The van der Waals surface area contributed by atoms with E-state index in [-0.39, 0.29) is 37.5 Å². The van der Waals surface area contributed by atoms with Gasteiger partial charge in [0.1, 0.15) is 13.2 Å². The van der Waals surface area contributed by atoms with Crippen LogP contribution in [0.5, 0.6) is 0 Å². The number of carbonyl (C=O) groups excluding carboxylic acids is 3. The van der Waals surface area contributed by atoms with Gasteiger partial charge in [0.05, 0.1) is 0 Å². The molecule has 0 aliphatic heterocycles. The van der Waals surface area contributed by atoms with Crippen molar-refractivity contribution in [2.45, 2.75) is 219 Å². The molecule has 0 saturated carbocycles. The minimum absolute atomic E-state index is 0.0778. The summed E-state index contributed by atoms with van der Waals surface area (Å²) in [7, 11) is 0. The summed E-state index contributed by atoms with van der Waals surface area (Å²) in [5, 5.41) is 0. The normalized spacial score (nSPS) is 12.0. The maximum atomic E-state index is 12.6. The summed E-state index contributed by atoms with van der Waals surface area (Å²) in [4.78, 5) is 37.4. The predicted molar refractivity (Wildman–Crippen MR) is 196 cm³/mol. The average molecular weight is 665 g/mol. The molecule has 0 aliphatic carbocycles. The molecular formula is C41H76O6. The number of allylic oxidation sites excluding steroid dienone is 2. The van der Waals surface area contributed by atoms with E-state index >= 15 is 0 Å². The lowest BCUT2D eigenvalue weighted by atomic mass is 10.1. The second kappa shape index (κ2) is 37.0. The molecule has 0 fully saturated rings. The Hall–Kier alpha value is -1.85. The van der Waals surface area contributed by atoms with E-state index in [1.807, 2.05) is 0 Å². The van der Waals surface area contributed by atoms with Crippen LogP contribution in [0.2, 0.25) is 0 Å². The highest BCUT2D eigenvalue weighted by molar-refractivity contribution is 5.71. The Bertz CT molecular complexity index is 733. The Morgan fingerprint density at radius 3 is 1.13 bits per heavy atom. The van der Waals surface area contributed by atoms with Crippen molar-refractivity contribution >= 4 is 17.9 Å². The third-order valence-electron chi connectivity index (χ3n) is 8.77. The zero-order valence-corrected chi connectivity index (χ0v) is 31.3. The van der Waals surface area contributed by atoms with Crippen molar-refractivity contribution in [3.05, 3.63) is 12.2 Å². The molecule has 0 amide bonds. The molecule has 0 bridgehead atoms. The second-order valence-corrected chi connectivity index (χ2v) is 13.6. The van der Waals surface area contributed by atoms with Crippen molar-refractivity contribution < 1.29 is 28.6 Å². The highest BCUT2D eigenvalue weighted by Gasteiger charge is 2.19. The zero-order chi connectivity index (χ0) is 34.5. The Labute approximate surface area is 290 Å². The summed E-state index contributed by atoms with van der Waals surface area (Å²) >= 11 is 0. The van der Waals surface area contributed by atoms with Gasteiger partial charge in [-0.15, -0.1) is 0 Å². The molecule has 276 valence electrons. The van der Waals surface area contributed by atoms with E-state index in [1.54, 1.807) is 0 Å². The smallest absolute Gasteiger partial charge is 0.306 e. The van der Waals surface area contributed by atoms with Gasteiger partial charge >= 0.3 is 17.9 Å². The quantitative estimate of drug-likeness (QED) is 0.0287. The average Bonchev–Trinajstić information content (AvgIpc) is 3.06. The van der Waals surface area contributed by atoms with Crippen molar-refractivity contribution in [3.63, 3.8) is 0 Å². The fraction of sp³-hybridized carbons (Fsp3) is 0.878. The lowest BCUT2D eigenvalue weighted by molar-refractivity contribution is -0.167. The van der Waals surface area contributed by atoms with Gasteiger partial charge in [-0.1, -0.05) is 168 Å². The summed E-state index contributed by atoms with van der Waals surface area (Å²) < 4.78 is 16.5. The van der Waals surface area contributed by atoms with Gasteiger partial charge in [0.25, 0.3) is 0 Å². The SMILES string of the molecule is CCCCCC/C=C\CCCC(=O)OC(COC(=O)CCCCCCCCCCC)COC(=O)CCCCCCCCCCCCC. The molecule has 0 aromatic heterocycles.